The maximum absolute atomic E-state index is 13.1. The molecule has 0 aliphatic carbocycles. The molecule has 0 aliphatic heterocycles. The van der Waals surface area contributed by atoms with E-state index in [-0.39, 0.29) is 25.5 Å². The first-order chi connectivity index (χ1) is 18.0. The van der Waals surface area contributed by atoms with Gasteiger partial charge in [-0.05, 0) is 55.5 Å². The highest BCUT2D eigenvalue weighted by Gasteiger charge is 2.20. The fraction of sp³-hybridized carbons (Fsp3) is 0.214. The molecule has 9 heteroatoms. The van der Waals surface area contributed by atoms with Crippen LogP contribution < -0.4 is 14.5 Å². The molecule has 0 spiro atoms. The minimum absolute atomic E-state index is 0.0546. The predicted molar refractivity (Wildman–Crippen MR) is 144 cm³/mol. The molecule has 1 aromatic heterocycles. The van der Waals surface area contributed by atoms with E-state index in [0.717, 1.165) is 20.9 Å². The topological polar surface area (TPSA) is 95.8 Å². The SMILES string of the molecule is CCOC(=O)CCN(C(=O)Oc1ccc2sc(CN(C)c3ccc(C#N)cc3)nc2c1)c1ccccc1. The minimum Gasteiger partial charge on any atom is -0.466 e. The number of rotatable bonds is 9. The summed E-state index contributed by atoms with van der Waals surface area (Å²) in [7, 11) is 1.97. The minimum atomic E-state index is -0.592. The molecule has 0 N–H and O–H groups in total. The number of carbonyl (C=O) groups is 2. The van der Waals surface area contributed by atoms with Gasteiger partial charge in [-0.25, -0.2) is 9.78 Å². The van der Waals surface area contributed by atoms with Crippen molar-refractivity contribution >= 4 is 45.0 Å². The monoisotopic (exact) mass is 514 g/mol. The van der Waals surface area contributed by atoms with E-state index < -0.39 is 6.09 Å². The van der Waals surface area contributed by atoms with Crippen LogP contribution in [0, 0.1) is 11.3 Å². The van der Waals surface area contributed by atoms with Crippen LogP contribution in [0.5, 0.6) is 5.75 Å². The van der Waals surface area contributed by atoms with E-state index >= 15 is 0 Å². The van der Waals surface area contributed by atoms with Gasteiger partial charge < -0.3 is 14.4 Å². The van der Waals surface area contributed by atoms with Crippen molar-refractivity contribution in [1.82, 2.24) is 4.98 Å². The summed E-state index contributed by atoms with van der Waals surface area (Å²) in [5.41, 5.74) is 2.96. The van der Waals surface area contributed by atoms with Gasteiger partial charge in [0.15, 0.2) is 0 Å². The van der Waals surface area contributed by atoms with Crippen LogP contribution in [0.4, 0.5) is 16.2 Å². The first-order valence-electron chi connectivity index (χ1n) is 11.8. The van der Waals surface area contributed by atoms with Gasteiger partial charge in [-0.3, -0.25) is 9.69 Å². The lowest BCUT2D eigenvalue weighted by molar-refractivity contribution is -0.142. The largest absolute Gasteiger partial charge is 0.466 e. The summed E-state index contributed by atoms with van der Waals surface area (Å²) in [5.74, 6) is -0.00880. The Balaban J connectivity index is 1.46. The number of para-hydroxylation sites is 1. The van der Waals surface area contributed by atoms with E-state index in [2.05, 4.69) is 11.0 Å². The van der Waals surface area contributed by atoms with Crippen LogP contribution in [0.25, 0.3) is 10.2 Å². The number of thiazole rings is 1. The third kappa shape index (κ3) is 6.63. The molecule has 0 bridgehead atoms. The number of hydrogen-bond acceptors (Lipinski definition) is 8. The molecule has 4 aromatic rings. The number of amides is 1. The summed E-state index contributed by atoms with van der Waals surface area (Å²) in [5, 5.41) is 9.90. The quantitative estimate of drug-likeness (QED) is 0.262. The molecule has 0 fully saturated rings. The van der Waals surface area contributed by atoms with Crippen LogP contribution in [0.2, 0.25) is 0 Å². The van der Waals surface area contributed by atoms with Gasteiger partial charge in [0.2, 0.25) is 0 Å². The van der Waals surface area contributed by atoms with Gasteiger partial charge >= 0.3 is 12.1 Å². The average Bonchev–Trinajstić information content (AvgIpc) is 3.31. The van der Waals surface area contributed by atoms with Crippen LogP contribution in [0.3, 0.4) is 0 Å². The fourth-order valence-electron chi connectivity index (χ4n) is 3.70. The highest BCUT2D eigenvalue weighted by atomic mass is 32.1. The van der Waals surface area contributed by atoms with Crippen molar-refractivity contribution in [3.8, 4) is 11.8 Å². The molecular formula is C28H26N4O4S. The Bertz CT molecular complexity index is 1410. The zero-order chi connectivity index (χ0) is 26.2. The number of nitriles is 1. The molecule has 0 saturated carbocycles. The van der Waals surface area contributed by atoms with Gasteiger partial charge in [0.1, 0.15) is 10.8 Å². The predicted octanol–water partition coefficient (Wildman–Crippen LogP) is 5.76. The Morgan fingerprint density at radius 2 is 1.78 bits per heavy atom. The molecule has 1 amide bonds. The summed E-state index contributed by atoms with van der Waals surface area (Å²) < 4.78 is 11.7. The first kappa shape index (κ1) is 25.7. The van der Waals surface area contributed by atoms with Crippen molar-refractivity contribution < 1.29 is 19.1 Å². The standard InChI is InChI=1S/C28H26N4O4S/c1-3-35-27(33)15-16-32(22-7-5-4-6-8-22)28(34)36-23-13-14-25-24(17-23)30-26(37-25)19-31(2)21-11-9-20(18-29)10-12-21/h4-14,17H,3,15-16,19H2,1-2H3. The lowest BCUT2D eigenvalue weighted by Crippen LogP contribution is -2.35. The number of benzene rings is 3. The Hall–Kier alpha value is -4.42. The second kappa shape index (κ2) is 12.0. The van der Waals surface area contributed by atoms with Crippen molar-refractivity contribution in [2.75, 3.05) is 30.0 Å². The number of esters is 1. The molecule has 1 heterocycles. The van der Waals surface area contributed by atoms with Gasteiger partial charge in [-0.2, -0.15) is 5.26 Å². The number of nitrogens with zero attached hydrogens (tertiary/aromatic N) is 4. The molecule has 3 aromatic carbocycles. The third-order valence-electron chi connectivity index (χ3n) is 5.55. The number of fused-ring (bicyclic) bond motifs is 1. The maximum atomic E-state index is 13.1. The first-order valence-corrected chi connectivity index (χ1v) is 12.6. The molecule has 8 nitrogen and oxygen atoms in total. The Morgan fingerprint density at radius 1 is 1.03 bits per heavy atom. The van der Waals surface area contributed by atoms with Crippen LogP contribution in [-0.4, -0.2) is 37.2 Å². The van der Waals surface area contributed by atoms with Gasteiger partial charge in [-0.1, -0.05) is 18.2 Å². The van der Waals surface area contributed by atoms with Crippen molar-refractivity contribution in [2.24, 2.45) is 0 Å². The van der Waals surface area contributed by atoms with Crippen LogP contribution in [-0.2, 0) is 16.1 Å². The van der Waals surface area contributed by atoms with Gasteiger partial charge in [0, 0.05) is 31.0 Å². The summed E-state index contributed by atoms with van der Waals surface area (Å²) in [6.07, 6.45) is -0.537. The molecule has 0 atom stereocenters. The molecule has 188 valence electrons. The molecule has 4 rings (SSSR count). The summed E-state index contributed by atoms with van der Waals surface area (Å²) in [6.45, 7) is 2.75. The summed E-state index contributed by atoms with van der Waals surface area (Å²) in [4.78, 5) is 33.2. The molecule has 0 radical (unpaired) electrons. The Labute approximate surface area is 219 Å². The van der Waals surface area contributed by atoms with Crippen molar-refractivity contribution in [3.05, 3.63) is 83.4 Å². The number of anilines is 2. The van der Waals surface area contributed by atoms with E-state index in [1.807, 2.05) is 43.4 Å². The number of carbonyl (C=O) groups excluding carboxylic acids is 2. The molecule has 37 heavy (non-hydrogen) atoms. The Morgan fingerprint density at radius 3 is 2.49 bits per heavy atom. The molecular weight excluding hydrogens is 488 g/mol. The molecule has 0 unspecified atom stereocenters. The smallest absolute Gasteiger partial charge is 0.419 e. The summed E-state index contributed by atoms with van der Waals surface area (Å²) in [6, 6.07) is 23.9. The van der Waals surface area contributed by atoms with Crippen LogP contribution >= 0.6 is 11.3 Å². The van der Waals surface area contributed by atoms with Gasteiger partial charge in [0.05, 0.1) is 41.4 Å². The number of ether oxygens (including phenoxy) is 2. The second-order valence-electron chi connectivity index (χ2n) is 8.16. The van der Waals surface area contributed by atoms with E-state index in [1.165, 1.54) is 4.90 Å². The zero-order valence-electron chi connectivity index (χ0n) is 20.6. The normalized spacial score (nSPS) is 10.5. The summed E-state index contributed by atoms with van der Waals surface area (Å²) >= 11 is 1.57. The highest BCUT2D eigenvalue weighted by molar-refractivity contribution is 7.18. The molecule has 0 saturated heterocycles. The average molecular weight is 515 g/mol. The van der Waals surface area contributed by atoms with Crippen LogP contribution in [0.15, 0.2) is 72.8 Å². The van der Waals surface area contributed by atoms with E-state index in [0.29, 0.717) is 23.5 Å². The van der Waals surface area contributed by atoms with Crippen molar-refractivity contribution in [2.45, 2.75) is 19.9 Å². The lowest BCUT2D eigenvalue weighted by atomic mass is 10.2. The van der Waals surface area contributed by atoms with E-state index in [1.54, 1.807) is 54.7 Å². The third-order valence-corrected chi connectivity index (χ3v) is 6.57. The van der Waals surface area contributed by atoms with Crippen molar-refractivity contribution in [3.63, 3.8) is 0 Å². The van der Waals surface area contributed by atoms with Gasteiger partial charge in [0.25, 0.3) is 0 Å². The van der Waals surface area contributed by atoms with E-state index in [4.69, 9.17) is 19.7 Å². The zero-order valence-corrected chi connectivity index (χ0v) is 21.4. The van der Waals surface area contributed by atoms with Crippen molar-refractivity contribution in [1.29, 1.82) is 5.26 Å². The molecule has 0 aliphatic rings. The number of hydrogen-bond donors (Lipinski definition) is 0. The Kier molecular flexibility index (Phi) is 8.33. The van der Waals surface area contributed by atoms with Crippen LogP contribution in [0.1, 0.15) is 23.9 Å². The fourth-order valence-corrected chi connectivity index (χ4v) is 4.70. The lowest BCUT2D eigenvalue weighted by Gasteiger charge is -2.21. The van der Waals surface area contributed by atoms with E-state index in [9.17, 15) is 9.59 Å². The maximum Gasteiger partial charge on any atom is 0.419 e. The van der Waals surface area contributed by atoms with Gasteiger partial charge in [-0.15, -0.1) is 11.3 Å². The number of aromatic nitrogens is 1. The highest BCUT2D eigenvalue weighted by Crippen LogP contribution is 2.28. The second-order valence-corrected chi connectivity index (χ2v) is 9.28.